The number of benzene rings is 1. The third-order valence-electron chi connectivity index (χ3n) is 7.19. The zero-order valence-corrected chi connectivity index (χ0v) is 20.1. The van der Waals surface area contributed by atoms with Crippen LogP contribution in [0.1, 0.15) is 30.1 Å². The van der Waals surface area contributed by atoms with Crippen molar-refractivity contribution in [2.24, 2.45) is 0 Å². The van der Waals surface area contributed by atoms with Crippen molar-refractivity contribution >= 4 is 28.6 Å². The molecule has 2 unspecified atom stereocenters. The van der Waals surface area contributed by atoms with Crippen LogP contribution in [-0.2, 0) is 9.47 Å². The monoisotopic (exact) mass is 474 g/mol. The number of rotatable bonds is 4. The van der Waals surface area contributed by atoms with E-state index >= 15 is 0 Å². The zero-order valence-electron chi connectivity index (χ0n) is 20.1. The van der Waals surface area contributed by atoms with Crippen molar-refractivity contribution in [2.45, 2.75) is 38.0 Å². The molecule has 6 rings (SSSR count). The van der Waals surface area contributed by atoms with Crippen LogP contribution in [0, 0.1) is 0 Å². The third-order valence-corrected chi connectivity index (χ3v) is 7.19. The van der Waals surface area contributed by atoms with Crippen LogP contribution >= 0.6 is 0 Å². The summed E-state index contributed by atoms with van der Waals surface area (Å²) in [6, 6.07) is 9.87. The van der Waals surface area contributed by atoms with E-state index in [1.165, 1.54) is 0 Å². The normalized spacial score (nSPS) is 24.1. The summed E-state index contributed by atoms with van der Waals surface area (Å²) in [6.45, 7) is 5.87. The van der Waals surface area contributed by atoms with E-state index < -0.39 is 0 Å². The molecule has 2 bridgehead atoms. The lowest BCUT2D eigenvalue weighted by Gasteiger charge is -2.35. The predicted octanol–water partition coefficient (Wildman–Crippen LogP) is 2.64. The van der Waals surface area contributed by atoms with Crippen molar-refractivity contribution in [3.05, 3.63) is 42.1 Å². The Morgan fingerprint density at radius 2 is 1.97 bits per heavy atom. The van der Waals surface area contributed by atoms with Crippen LogP contribution < -0.4 is 15.1 Å². The van der Waals surface area contributed by atoms with Crippen LogP contribution in [0.2, 0.25) is 0 Å². The van der Waals surface area contributed by atoms with Gasteiger partial charge < -0.3 is 24.6 Å². The number of hydrogen-bond acceptors (Lipinski definition) is 8. The average molecular weight is 475 g/mol. The predicted molar refractivity (Wildman–Crippen MR) is 134 cm³/mol. The maximum Gasteiger partial charge on any atom is 0.251 e. The quantitative estimate of drug-likeness (QED) is 0.617. The fourth-order valence-electron chi connectivity index (χ4n) is 5.33. The maximum absolute atomic E-state index is 12.3. The van der Waals surface area contributed by atoms with Gasteiger partial charge in [0.05, 0.1) is 48.2 Å². The summed E-state index contributed by atoms with van der Waals surface area (Å²) in [5.41, 5.74) is 3.99. The van der Waals surface area contributed by atoms with Crippen LogP contribution in [0.3, 0.4) is 0 Å². The Kier molecular flexibility index (Phi) is 5.74. The van der Waals surface area contributed by atoms with Crippen LogP contribution in [0.15, 0.2) is 36.5 Å². The summed E-state index contributed by atoms with van der Waals surface area (Å²) in [5.74, 6) is 0.550. The SMILES string of the molecule is CNC(=O)c1cccc(-c2cc(N3CC4CCC(C3)O4)c3cnc(N4CCOC[C@@H]4C)nc3n2)c1. The molecule has 1 N–H and O–H groups in total. The number of anilines is 2. The summed E-state index contributed by atoms with van der Waals surface area (Å²) in [6.07, 6.45) is 4.61. The largest absolute Gasteiger partial charge is 0.377 e. The van der Waals surface area contributed by atoms with Crippen molar-refractivity contribution in [3.63, 3.8) is 0 Å². The molecular formula is C26H30N6O3. The van der Waals surface area contributed by atoms with E-state index in [2.05, 4.69) is 28.1 Å². The van der Waals surface area contributed by atoms with Gasteiger partial charge in [-0.15, -0.1) is 0 Å². The number of pyridine rings is 1. The first-order valence-corrected chi connectivity index (χ1v) is 12.3. The van der Waals surface area contributed by atoms with Gasteiger partial charge >= 0.3 is 0 Å². The molecule has 2 aromatic heterocycles. The molecule has 1 aromatic carbocycles. The minimum Gasteiger partial charge on any atom is -0.377 e. The second-order valence-corrected chi connectivity index (χ2v) is 9.57. The van der Waals surface area contributed by atoms with Gasteiger partial charge in [-0.05, 0) is 38.0 Å². The van der Waals surface area contributed by atoms with Crippen molar-refractivity contribution < 1.29 is 14.3 Å². The molecule has 3 aliphatic heterocycles. The van der Waals surface area contributed by atoms with E-state index in [4.69, 9.17) is 24.4 Å². The van der Waals surface area contributed by atoms with E-state index in [0.29, 0.717) is 30.4 Å². The smallest absolute Gasteiger partial charge is 0.251 e. The summed E-state index contributed by atoms with van der Waals surface area (Å²) in [7, 11) is 1.64. The highest BCUT2D eigenvalue weighted by atomic mass is 16.5. The summed E-state index contributed by atoms with van der Waals surface area (Å²) < 4.78 is 11.7. The van der Waals surface area contributed by atoms with Crippen molar-refractivity contribution in [3.8, 4) is 11.3 Å². The Bertz CT molecular complexity index is 1260. The number of carbonyl (C=O) groups is 1. The highest BCUT2D eigenvalue weighted by molar-refractivity contribution is 5.96. The number of nitrogens with zero attached hydrogens (tertiary/aromatic N) is 5. The van der Waals surface area contributed by atoms with Gasteiger partial charge in [-0.2, -0.15) is 4.98 Å². The summed E-state index contributed by atoms with van der Waals surface area (Å²) in [5, 5.41) is 3.63. The van der Waals surface area contributed by atoms with Gasteiger partial charge in [0.15, 0.2) is 5.65 Å². The van der Waals surface area contributed by atoms with Crippen molar-refractivity contribution in [1.82, 2.24) is 20.3 Å². The molecule has 3 aliphatic rings. The number of ether oxygens (including phenoxy) is 2. The number of morpholine rings is 2. The first kappa shape index (κ1) is 22.2. The second kappa shape index (κ2) is 9.05. The minimum absolute atomic E-state index is 0.122. The Morgan fingerprint density at radius 1 is 1.14 bits per heavy atom. The molecule has 3 aromatic rings. The number of aromatic nitrogens is 3. The second-order valence-electron chi connectivity index (χ2n) is 9.57. The fourth-order valence-corrected chi connectivity index (χ4v) is 5.33. The van der Waals surface area contributed by atoms with Gasteiger partial charge in [0.25, 0.3) is 5.91 Å². The van der Waals surface area contributed by atoms with Gasteiger partial charge in [0, 0.05) is 44.0 Å². The number of nitrogens with one attached hydrogen (secondary N) is 1. The van der Waals surface area contributed by atoms with Gasteiger partial charge in [-0.1, -0.05) is 12.1 Å². The molecule has 3 atom stereocenters. The molecule has 0 saturated carbocycles. The lowest BCUT2D eigenvalue weighted by atomic mass is 10.1. The molecule has 0 spiro atoms. The maximum atomic E-state index is 12.3. The first-order chi connectivity index (χ1) is 17.1. The molecule has 0 radical (unpaired) electrons. The van der Waals surface area contributed by atoms with Gasteiger partial charge in [-0.25, -0.2) is 9.97 Å². The first-order valence-electron chi connectivity index (χ1n) is 12.3. The van der Waals surface area contributed by atoms with Crippen LogP contribution in [0.4, 0.5) is 11.6 Å². The number of amides is 1. The van der Waals surface area contributed by atoms with E-state index in [1.54, 1.807) is 7.05 Å². The van der Waals surface area contributed by atoms with Crippen LogP contribution in [-0.4, -0.2) is 79.0 Å². The molecule has 9 heteroatoms. The molecule has 9 nitrogen and oxygen atoms in total. The molecule has 3 saturated heterocycles. The van der Waals surface area contributed by atoms with Crippen molar-refractivity contribution in [2.75, 3.05) is 49.7 Å². The Hall–Kier alpha value is -3.30. The highest BCUT2D eigenvalue weighted by Crippen LogP contribution is 2.36. The summed E-state index contributed by atoms with van der Waals surface area (Å²) in [4.78, 5) is 31.5. The topological polar surface area (TPSA) is 92.7 Å². The van der Waals surface area contributed by atoms with E-state index in [1.807, 2.05) is 30.5 Å². The molecular weight excluding hydrogens is 444 g/mol. The molecule has 5 heterocycles. The van der Waals surface area contributed by atoms with Gasteiger partial charge in [0.2, 0.25) is 5.95 Å². The summed E-state index contributed by atoms with van der Waals surface area (Å²) >= 11 is 0. The molecule has 35 heavy (non-hydrogen) atoms. The van der Waals surface area contributed by atoms with E-state index in [-0.39, 0.29) is 24.2 Å². The van der Waals surface area contributed by atoms with Crippen LogP contribution in [0.25, 0.3) is 22.3 Å². The average Bonchev–Trinajstić information content (AvgIpc) is 3.24. The Labute approximate surface area is 204 Å². The van der Waals surface area contributed by atoms with Crippen LogP contribution in [0.5, 0.6) is 0 Å². The Balaban J connectivity index is 1.47. The fraction of sp³-hybridized carbons (Fsp3) is 0.462. The molecule has 1 amide bonds. The van der Waals surface area contributed by atoms with Crippen molar-refractivity contribution in [1.29, 1.82) is 0 Å². The minimum atomic E-state index is -0.122. The lowest BCUT2D eigenvalue weighted by Crippen LogP contribution is -2.44. The number of carbonyl (C=O) groups excluding carboxylic acids is 1. The number of fused-ring (bicyclic) bond motifs is 3. The van der Waals surface area contributed by atoms with E-state index in [9.17, 15) is 4.79 Å². The molecule has 0 aliphatic carbocycles. The number of hydrogen-bond donors (Lipinski definition) is 1. The Morgan fingerprint density at radius 3 is 2.74 bits per heavy atom. The highest BCUT2D eigenvalue weighted by Gasteiger charge is 2.35. The van der Waals surface area contributed by atoms with E-state index in [0.717, 1.165) is 54.8 Å². The van der Waals surface area contributed by atoms with Gasteiger partial charge in [0.1, 0.15) is 0 Å². The third kappa shape index (κ3) is 4.19. The van der Waals surface area contributed by atoms with Gasteiger partial charge in [-0.3, -0.25) is 4.79 Å². The lowest BCUT2D eigenvalue weighted by molar-refractivity contribution is 0.0306. The zero-order chi connectivity index (χ0) is 23.9. The molecule has 3 fully saturated rings. The standard InChI is InChI=1S/C26H30N6O3/c1-16-15-34-9-8-32(16)26-28-12-21-23(31-13-19-6-7-20(14-31)35-19)11-22(29-24(21)30-26)17-4-3-5-18(10-17)25(33)27-2/h3-5,10-12,16,19-20H,6-9,13-15H2,1-2H3,(H,27,33)/t16-,19?,20?/m0/s1. The molecule has 182 valence electrons.